The summed E-state index contributed by atoms with van der Waals surface area (Å²) in [5, 5.41) is 1.71. The summed E-state index contributed by atoms with van der Waals surface area (Å²) in [5.74, 6) is 0. The van der Waals surface area contributed by atoms with Crippen LogP contribution in [0.3, 0.4) is 0 Å². The third kappa shape index (κ3) is 6.51. The second-order valence-electron chi connectivity index (χ2n) is 12.7. The SMILES string of the molecule is CC[N+](CC)(CC)Cc1ccc2sc3ccccc3c(=O)c2c1.c1ccc([B-](c2ccccc2)(c2ccccc2)c2ccccc2)cc1. The molecule has 0 aliphatic carbocycles. The summed E-state index contributed by atoms with van der Waals surface area (Å²) in [6, 6.07) is 57.9. The Kier molecular flexibility index (Phi) is 10.3. The van der Waals surface area contributed by atoms with E-state index in [1.165, 1.54) is 27.4 Å². The molecule has 1 aromatic heterocycles. The highest BCUT2D eigenvalue weighted by Crippen LogP contribution is 2.26. The van der Waals surface area contributed by atoms with Gasteiger partial charge in [-0.2, -0.15) is 21.9 Å². The lowest BCUT2D eigenvalue weighted by molar-refractivity contribution is -0.936. The Morgan fingerprint density at radius 1 is 0.479 bits per heavy atom. The number of fused-ring (bicyclic) bond motifs is 2. The number of rotatable bonds is 9. The molecule has 240 valence electrons. The van der Waals surface area contributed by atoms with Gasteiger partial charge in [0.05, 0.1) is 19.6 Å². The van der Waals surface area contributed by atoms with E-state index >= 15 is 0 Å². The fourth-order valence-electron chi connectivity index (χ4n) is 7.46. The predicted octanol–water partition coefficient (Wildman–Crippen LogP) is 7.86. The van der Waals surface area contributed by atoms with Crippen molar-refractivity contribution in [1.29, 1.82) is 0 Å². The quantitative estimate of drug-likeness (QED) is 0.0888. The minimum absolute atomic E-state index is 0.166. The van der Waals surface area contributed by atoms with E-state index in [4.69, 9.17) is 0 Å². The van der Waals surface area contributed by atoms with Crippen molar-refractivity contribution >= 4 is 59.5 Å². The summed E-state index contributed by atoms with van der Waals surface area (Å²) in [4.78, 5) is 12.8. The van der Waals surface area contributed by atoms with Crippen molar-refractivity contribution < 1.29 is 4.48 Å². The van der Waals surface area contributed by atoms with Gasteiger partial charge in [-0.15, -0.1) is 11.3 Å². The number of nitrogens with zero attached hydrogens (tertiary/aromatic N) is 1. The van der Waals surface area contributed by atoms with Gasteiger partial charge in [-0.05, 0) is 45.0 Å². The van der Waals surface area contributed by atoms with Crippen LogP contribution in [0.1, 0.15) is 26.3 Å². The molecule has 0 aliphatic rings. The summed E-state index contributed by atoms with van der Waals surface area (Å²) in [5.41, 5.74) is 6.79. The third-order valence-corrected chi connectivity index (χ3v) is 11.5. The Bertz CT molecular complexity index is 1950. The van der Waals surface area contributed by atoms with Gasteiger partial charge in [0.25, 0.3) is 0 Å². The van der Waals surface area contributed by atoms with Gasteiger partial charge >= 0.3 is 0 Å². The molecule has 0 spiro atoms. The molecule has 0 unspecified atom stereocenters. The standard InChI is InChI=1S/C24H20B.C20H24NOS/c1-5-13-21(14-6-1)25(22-15-7-2-8-16-22,23-17-9-3-10-18-23)24-19-11-4-12-20-24;1-4-21(5-2,6-3)14-15-11-12-19-17(13-15)20(22)16-9-7-8-10-18(16)23-19/h1-20H;7-13H,4-6,14H2,1-3H3/q-1;+1. The Hall–Kier alpha value is -4.77. The lowest BCUT2D eigenvalue weighted by atomic mass is 9.13. The van der Waals surface area contributed by atoms with E-state index < -0.39 is 6.15 Å². The van der Waals surface area contributed by atoms with Crippen LogP contribution in [0.25, 0.3) is 20.2 Å². The molecule has 0 aliphatic heterocycles. The maximum Gasteiger partial charge on any atom is 0.195 e. The van der Waals surface area contributed by atoms with Crippen molar-refractivity contribution in [3.8, 4) is 0 Å². The first-order chi connectivity index (χ1) is 23.5. The zero-order valence-corrected chi connectivity index (χ0v) is 29.1. The molecule has 4 heteroatoms. The van der Waals surface area contributed by atoms with Crippen LogP contribution >= 0.6 is 11.3 Å². The van der Waals surface area contributed by atoms with Crippen molar-refractivity contribution in [3.63, 3.8) is 0 Å². The Morgan fingerprint density at radius 3 is 1.31 bits per heavy atom. The van der Waals surface area contributed by atoms with Gasteiger partial charge < -0.3 is 4.48 Å². The summed E-state index contributed by atoms with van der Waals surface area (Å²) < 4.78 is 3.22. The first-order valence-electron chi connectivity index (χ1n) is 17.2. The van der Waals surface area contributed by atoms with E-state index in [2.05, 4.69) is 160 Å². The van der Waals surface area contributed by atoms with Crippen LogP contribution in [-0.2, 0) is 6.54 Å². The molecule has 48 heavy (non-hydrogen) atoms. The molecule has 1 heterocycles. The minimum Gasteiger partial charge on any atom is -0.321 e. The molecule has 0 N–H and O–H groups in total. The first-order valence-corrected chi connectivity index (χ1v) is 18.0. The minimum atomic E-state index is -1.22. The van der Waals surface area contributed by atoms with Crippen LogP contribution in [-0.4, -0.2) is 30.3 Å². The third-order valence-electron chi connectivity index (χ3n) is 10.4. The highest BCUT2D eigenvalue weighted by atomic mass is 32.1. The summed E-state index contributed by atoms with van der Waals surface area (Å²) in [6.45, 7) is 11.1. The maximum absolute atomic E-state index is 12.8. The number of benzene rings is 6. The van der Waals surface area contributed by atoms with Crippen LogP contribution in [0.5, 0.6) is 0 Å². The van der Waals surface area contributed by atoms with Gasteiger partial charge in [0.1, 0.15) is 12.7 Å². The second-order valence-corrected chi connectivity index (χ2v) is 13.8. The molecule has 7 rings (SSSR count). The lowest BCUT2D eigenvalue weighted by Crippen LogP contribution is -2.74. The molecule has 7 aromatic rings. The van der Waals surface area contributed by atoms with Crippen molar-refractivity contribution in [2.24, 2.45) is 0 Å². The normalized spacial score (nSPS) is 11.6. The fourth-order valence-corrected chi connectivity index (χ4v) is 8.52. The van der Waals surface area contributed by atoms with Gasteiger partial charge in [0.15, 0.2) is 5.43 Å². The zero-order chi connectivity index (χ0) is 33.4. The Labute approximate surface area is 289 Å². The Morgan fingerprint density at radius 2 is 0.875 bits per heavy atom. The molecule has 0 saturated heterocycles. The molecule has 0 fully saturated rings. The lowest BCUT2D eigenvalue weighted by Gasteiger charge is -2.44. The summed E-state index contributed by atoms with van der Waals surface area (Å²) in [6.07, 6.45) is -1.22. The highest BCUT2D eigenvalue weighted by Gasteiger charge is 2.31. The zero-order valence-electron chi connectivity index (χ0n) is 28.3. The average Bonchev–Trinajstić information content (AvgIpc) is 3.17. The second kappa shape index (κ2) is 15.0. The molecule has 0 saturated carbocycles. The van der Waals surface area contributed by atoms with Crippen LogP contribution in [0.15, 0.2) is 169 Å². The molecule has 0 radical (unpaired) electrons. The Balaban J connectivity index is 0.000000168. The van der Waals surface area contributed by atoms with Crippen LogP contribution in [0.4, 0.5) is 0 Å². The summed E-state index contributed by atoms with van der Waals surface area (Å²) in [7, 11) is 0. The van der Waals surface area contributed by atoms with Crippen molar-refractivity contribution in [2.75, 3.05) is 19.6 Å². The number of hydrogen-bond donors (Lipinski definition) is 0. The number of quaternary nitrogens is 1. The first kappa shape index (κ1) is 33.1. The van der Waals surface area contributed by atoms with Gasteiger partial charge in [0.2, 0.25) is 0 Å². The smallest absolute Gasteiger partial charge is 0.195 e. The predicted molar refractivity (Wildman–Crippen MR) is 211 cm³/mol. The average molecular weight is 646 g/mol. The molecular formula is C44H44BNOS. The monoisotopic (exact) mass is 645 g/mol. The number of hydrogen-bond acceptors (Lipinski definition) is 2. The molecular weight excluding hydrogens is 601 g/mol. The van der Waals surface area contributed by atoms with E-state index in [9.17, 15) is 4.79 Å². The maximum atomic E-state index is 12.8. The van der Waals surface area contributed by atoms with E-state index in [0.717, 1.165) is 50.8 Å². The topological polar surface area (TPSA) is 17.1 Å². The molecule has 2 nitrogen and oxygen atoms in total. The molecule has 0 amide bonds. The van der Waals surface area contributed by atoms with Crippen molar-refractivity contribution in [2.45, 2.75) is 27.3 Å². The van der Waals surface area contributed by atoms with E-state index in [-0.39, 0.29) is 5.43 Å². The van der Waals surface area contributed by atoms with Gasteiger partial charge in [0, 0.05) is 25.7 Å². The van der Waals surface area contributed by atoms with Gasteiger partial charge in [-0.3, -0.25) is 4.79 Å². The summed E-state index contributed by atoms with van der Waals surface area (Å²) >= 11 is 1.70. The molecule has 0 bridgehead atoms. The molecule has 0 atom stereocenters. The van der Waals surface area contributed by atoms with Gasteiger partial charge in [-0.25, -0.2) is 0 Å². The van der Waals surface area contributed by atoms with E-state index in [1.807, 2.05) is 24.3 Å². The van der Waals surface area contributed by atoms with Crippen LogP contribution in [0.2, 0.25) is 0 Å². The van der Waals surface area contributed by atoms with Crippen molar-refractivity contribution in [3.05, 3.63) is 180 Å². The largest absolute Gasteiger partial charge is 0.321 e. The van der Waals surface area contributed by atoms with Gasteiger partial charge in [-0.1, -0.05) is 140 Å². The van der Waals surface area contributed by atoms with Crippen molar-refractivity contribution in [1.82, 2.24) is 0 Å². The highest BCUT2D eigenvalue weighted by molar-refractivity contribution is 7.24. The fraction of sp³-hybridized carbons (Fsp3) is 0.159. The van der Waals surface area contributed by atoms with Crippen LogP contribution in [0, 0.1) is 0 Å². The molecule has 6 aromatic carbocycles. The van der Waals surface area contributed by atoms with Crippen LogP contribution < -0.4 is 27.3 Å². The van der Waals surface area contributed by atoms with E-state index in [1.54, 1.807) is 11.3 Å². The van der Waals surface area contributed by atoms with E-state index in [0.29, 0.717) is 0 Å².